The highest BCUT2D eigenvalue weighted by molar-refractivity contribution is 5.96. The summed E-state index contributed by atoms with van der Waals surface area (Å²) < 4.78 is 21.2. The highest BCUT2D eigenvalue weighted by atomic mass is 19.1. The van der Waals surface area contributed by atoms with E-state index in [2.05, 4.69) is 39.2 Å². The van der Waals surface area contributed by atoms with E-state index in [4.69, 9.17) is 4.42 Å². The van der Waals surface area contributed by atoms with Crippen LogP contribution < -0.4 is 0 Å². The zero-order chi connectivity index (χ0) is 16.1. The second kappa shape index (κ2) is 5.03. The predicted octanol–water partition coefficient (Wildman–Crippen LogP) is 4.44. The summed E-state index contributed by atoms with van der Waals surface area (Å²) in [5.74, 6) is 0.613. The van der Waals surface area contributed by atoms with Crippen molar-refractivity contribution in [3.8, 4) is 22.9 Å². The standard InChI is InChI=1S/C19H14FN3O/c20-14-8-6-13(7-9-14)18-21-22-19(24-18)16-11-23-10-2-4-12-3-1-5-15(16)17(12)23/h1,3,5-9,11H,2,4,10H2. The van der Waals surface area contributed by atoms with E-state index in [-0.39, 0.29) is 5.82 Å². The second-order valence-corrected chi connectivity index (χ2v) is 6.07. The Bertz CT molecular complexity index is 1050. The number of para-hydroxylation sites is 1. The Labute approximate surface area is 137 Å². The number of benzene rings is 2. The van der Waals surface area contributed by atoms with Gasteiger partial charge < -0.3 is 8.98 Å². The van der Waals surface area contributed by atoms with Crippen LogP contribution in [0.3, 0.4) is 0 Å². The minimum atomic E-state index is -0.285. The second-order valence-electron chi connectivity index (χ2n) is 6.07. The molecule has 1 aliphatic rings. The van der Waals surface area contributed by atoms with Gasteiger partial charge in [0.15, 0.2) is 0 Å². The first kappa shape index (κ1) is 13.5. The van der Waals surface area contributed by atoms with Crippen molar-refractivity contribution < 1.29 is 8.81 Å². The molecule has 0 aliphatic carbocycles. The molecule has 24 heavy (non-hydrogen) atoms. The van der Waals surface area contributed by atoms with Gasteiger partial charge in [-0.3, -0.25) is 0 Å². The molecule has 2 aromatic heterocycles. The van der Waals surface area contributed by atoms with Crippen LogP contribution in [0.5, 0.6) is 0 Å². The lowest BCUT2D eigenvalue weighted by Crippen LogP contribution is -2.05. The highest BCUT2D eigenvalue weighted by Gasteiger charge is 2.20. The summed E-state index contributed by atoms with van der Waals surface area (Å²) in [4.78, 5) is 0. The van der Waals surface area contributed by atoms with Crippen molar-refractivity contribution in [2.45, 2.75) is 19.4 Å². The fourth-order valence-corrected chi connectivity index (χ4v) is 3.47. The summed E-state index contributed by atoms with van der Waals surface area (Å²) in [7, 11) is 0. The van der Waals surface area contributed by atoms with Crippen LogP contribution >= 0.6 is 0 Å². The average molecular weight is 319 g/mol. The van der Waals surface area contributed by atoms with Crippen LogP contribution in [0.15, 0.2) is 53.1 Å². The van der Waals surface area contributed by atoms with Gasteiger partial charge in [0, 0.05) is 23.7 Å². The molecule has 5 heteroatoms. The fourth-order valence-electron chi connectivity index (χ4n) is 3.47. The van der Waals surface area contributed by atoms with Gasteiger partial charge in [-0.1, -0.05) is 18.2 Å². The molecular formula is C19H14FN3O. The summed E-state index contributed by atoms with van der Waals surface area (Å²) in [6.45, 7) is 1.01. The van der Waals surface area contributed by atoms with Crippen molar-refractivity contribution in [3.05, 3.63) is 60.0 Å². The van der Waals surface area contributed by atoms with E-state index in [1.54, 1.807) is 12.1 Å². The van der Waals surface area contributed by atoms with Gasteiger partial charge >= 0.3 is 0 Å². The normalized spacial score (nSPS) is 13.5. The Morgan fingerprint density at radius 2 is 1.83 bits per heavy atom. The van der Waals surface area contributed by atoms with Crippen LogP contribution in [0.1, 0.15) is 12.0 Å². The minimum Gasteiger partial charge on any atom is -0.416 e. The molecule has 0 N–H and O–H groups in total. The van der Waals surface area contributed by atoms with Crippen LogP contribution in [-0.4, -0.2) is 14.8 Å². The molecule has 5 rings (SSSR count). The maximum absolute atomic E-state index is 13.1. The van der Waals surface area contributed by atoms with Crippen molar-refractivity contribution in [2.75, 3.05) is 0 Å². The molecule has 0 saturated heterocycles. The first-order valence-corrected chi connectivity index (χ1v) is 8.00. The third-order valence-corrected chi connectivity index (χ3v) is 4.57. The maximum atomic E-state index is 13.1. The number of hydrogen-bond acceptors (Lipinski definition) is 3. The molecule has 0 radical (unpaired) electrons. The fraction of sp³-hybridized carbons (Fsp3) is 0.158. The van der Waals surface area contributed by atoms with Gasteiger partial charge in [-0.2, -0.15) is 0 Å². The zero-order valence-corrected chi connectivity index (χ0v) is 12.9. The van der Waals surface area contributed by atoms with Crippen molar-refractivity contribution in [1.82, 2.24) is 14.8 Å². The van der Waals surface area contributed by atoms with E-state index in [1.165, 1.54) is 23.2 Å². The minimum absolute atomic E-state index is 0.285. The van der Waals surface area contributed by atoms with Crippen LogP contribution in [0, 0.1) is 5.82 Å². The van der Waals surface area contributed by atoms with Crippen LogP contribution in [-0.2, 0) is 13.0 Å². The monoisotopic (exact) mass is 319 g/mol. The van der Waals surface area contributed by atoms with Crippen LogP contribution in [0.2, 0.25) is 0 Å². The number of halogens is 1. The summed E-state index contributed by atoms with van der Waals surface area (Å²) in [6.07, 6.45) is 4.34. The Balaban J connectivity index is 1.64. The lowest BCUT2D eigenvalue weighted by Gasteiger charge is -2.14. The van der Waals surface area contributed by atoms with E-state index in [0.29, 0.717) is 17.3 Å². The first-order valence-electron chi connectivity index (χ1n) is 8.00. The summed E-state index contributed by atoms with van der Waals surface area (Å²) in [5, 5.41) is 9.47. The summed E-state index contributed by atoms with van der Waals surface area (Å²) in [5.41, 5.74) is 4.29. The molecule has 0 bridgehead atoms. The Hall–Kier alpha value is -2.95. The summed E-state index contributed by atoms with van der Waals surface area (Å²) >= 11 is 0. The molecule has 4 aromatic rings. The van der Waals surface area contributed by atoms with E-state index in [0.717, 1.165) is 30.3 Å². The molecule has 3 heterocycles. The third-order valence-electron chi connectivity index (χ3n) is 4.57. The van der Waals surface area contributed by atoms with Crippen LogP contribution in [0.25, 0.3) is 33.8 Å². The Morgan fingerprint density at radius 3 is 2.71 bits per heavy atom. The molecule has 1 aliphatic heterocycles. The molecule has 0 atom stereocenters. The van der Waals surface area contributed by atoms with Gasteiger partial charge in [0.1, 0.15) is 5.82 Å². The highest BCUT2D eigenvalue weighted by Crippen LogP contribution is 2.35. The zero-order valence-electron chi connectivity index (χ0n) is 12.9. The molecule has 4 nitrogen and oxygen atoms in total. The molecule has 0 fully saturated rings. The summed E-state index contributed by atoms with van der Waals surface area (Å²) in [6, 6.07) is 12.4. The molecule has 0 unspecified atom stereocenters. The molecule has 118 valence electrons. The largest absolute Gasteiger partial charge is 0.416 e. The number of aromatic nitrogens is 3. The van der Waals surface area contributed by atoms with E-state index in [1.807, 2.05) is 0 Å². The molecule has 2 aromatic carbocycles. The van der Waals surface area contributed by atoms with Crippen molar-refractivity contribution >= 4 is 10.9 Å². The molecule has 0 spiro atoms. The van der Waals surface area contributed by atoms with Crippen molar-refractivity contribution in [2.24, 2.45) is 0 Å². The lowest BCUT2D eigenvalue weighted by atomic mass is 10.0. The molecular weight excluding hydrogens is 305 g/mol. The number of nitrogens with zero attached hydrogens (tertiary/aromatic N) is 3. The number of hydrogen-bond donors (Lipinski definition) is 0. The van der Waals surface area contributed by atoms with E-state index in [9.17, 15) is 4.39 Å². The third kappa shape index (κ3) is 1.98. The van der Waals surface area contributed by atoms with Gasteiger partial charge in [0.2, 0.25) is 11.8 Å². The number of rotatable bonds is 2. The predicted molar refractivity (Wildman–Crippen MR) is 88.9 cm³/mol. The quantitative estimate of drug-likeness (QED) is 0.548. The topological polar surface area (TPSA) is 43.9 Å². The first-order chi connectivity index (χ1) is 11.8. The van der Waals surface area contributed by atoms with Crippen molar-refractivity contribution in [3.63, 3.8) is 0 Å². The van der Waals surface area contributed by atoms with Gasteiger partial charge in [-0.25, -0.2) is 4.39 Å². The van der Waals surface area contributed by atoms with E-state index < -0.39 is 0 Å². The van der Waals surface area contributed by atoms with Gasteiger partial charge in [-0.05, 0) is 42.7 Å². The maximum Gasteiger partial charge on any atom is 0.250 e. The average Bonchev–Trinajstić information content (AvgIpc) is 3.23. The van der Waals surface area contributed by atoms with Crippen LogP contribution in [0.4, 0.5) is 4.39 Å². The van der Waals surface area contributed by atoms with Gasteiger partial charge in [-0.15, -0.1) is 10.2 Å². The van der Waals surface area contributed by atoms with Crippen molar-refractivity contribution in [1.29, 1.82) is 0 Å². The smallest absolute Gasteiger partial charge is 0.250 e. The molecule has 0 saturated carbocycles. The van der Waals surface area contributed by atoms with E-state index >= 15 is 0 Å². The molecule has 0 amide bonds. The lowest BCUT2D eigenvalue weighted by molar-refractivity contribution is 0.583. The van der Waals surface area contributed by atoms with Gasteiger partial charge in [0.05, 0.1) is 11.1 Å². The Morgan fingerprint density at radius 1 is 1.00 bits per heavy atom. The number of aryl methyl sites for hydroxylation is 2. The van der Waals surface area contributed by atoms with Gasteiger partial charge in [0.25, 0.3) is 0 Å². The Kier molecular flexibility index (Phi) is 2.82. The SMILES string of the molecule is Fc1ccc(-c2nnc(-c3cn4c5c(cccc35)CCC4)o2)cc1.